The van der Waals surface area contributed by atoms with Gasteiger partial charge in [-0.15, -0.1) is 0 Å². The van der Waals surface area contributed by atoms with Crippen LogP contribution in [0, 0.1) is 5.82 Å². The highest BCUT2D eigenvalue weighted by Crippen LogP contribution is 2.20. The Morgan fingerprint density at radius 3 is 2.79 bits per heavy atom. The molecule has 0 aliphatic heterocycles. The Morgan fingerprint density at radius 2 is 2.05 bits per heavy atom. The first kappa shape index (κ1) is 11.3. The van der Waals surface area contributed by atoms with E-state index in [-0.39, 0.29) is 17.2 Å². The van der Waals surface area contributed by atoms with Crippen molar-refractivity contribution in [3.63, 3.8) is 0 Å². The smallest absolute Gasteiger partial charge is 0.296 e. The summed E-state index contributed by atoms with van der Waals surface area (Å²) in [6.45, 7) is 0. The third-order valence-corrected chi connectivity index (χ3v) is 2.45. The second kappa shape index (κ2) is 4.45. The Balaban J connectivity index is 2.10. The number of benzene rings is 1. The number of halogens is 1. The highest BCUT2D eigenvalue weighted by Gasteiger charge is 2.11. The minimum Gasteiger partial charge on any atom is -0.296 e. The zero-order valence-electron chi connectivity index (χ0n) is 9.50. The summed E-state index contributed by atoms with van der Waals surface area (Å²) in [5, 5.41) is 3.52. The Labute approximate surface area is 105 Å². The largest absolute Gasteiger partial charge is 0.439 e. The van der Waals surface area contributed by atoms with Crippen LogP contribution in [0.25, 0.3) is 22.9 Å². The molecule has 3 aromatic rings. The molecule has 2 aromatic heterocycles. The molecule has 0 amide bonds. The van der Waals surface area contributed by atoms with Crippen LogP contribution >= 0.6 is 0 Å². The molecule has 0 radical (unpaired) electrons. The first-order valence-corrected chi connectivity index (χ1v) is 5.38. The third kappa shape index (κ3) is 2.13. The highest BCUT2D eigenvalue weighted by molar-refractivity contribution is 5.59. The fourth-order valence-electron chi connectivity index (χ4n) is 1.60. The van der Waals surface area contributed by atoms with E-state index >= 15 is 0 Å². The summed E-state index contributed by atoms with van der Waals surface area (Å²) in [7, 11) is 0. The van der Waals surface area contributed by atoms with Gasteiger partial charge in [0.25, 0.3) is 0 Å². The lowest BCUT2D eigenvalue weighted by Crippen LogP contribution is -1.97. The van der Waals surface area contributed by atoms with Gasteiger partial charge in [0.05, 0.1) is 5.56 Å². The number of aromatic amines is 1. The Kier molecular flexibility index (Phi) is 2.64. The van der Waals surface area contributed by atoms with E-state index in [0.29, 0.717) is 5.69 Å². The van der Waals surface area contributed by atoms with Gasteiger partial charge in [0, 0.05) is 6.20 Å². The molecule has 0 unspecified atom stereocenters. The van der Waals surface area contributed by atoms with Crippen LogP contribution in [-0.4, -0.2) is 20.1 Å². The number of rotatable bonds is 2. The van der Waals surface area contributed by atoms with Crippen molar-refractivity contribution in [2.24, 2.45) is 0 Å². The summed E-state index contributed by atoms with van der Waals surface area (Å²) >= 11 is 0. The maximum absolute atomic E-state index is 13.6. The maximum atomic E-state index is 13.6. The van der Waals surface area contributed by atoms with Crippen LogP contribution in [0.5, 0.6) is 0 Å². The molecular formula is C12H7FN4O2. The van der Waals surface area contributed by atoms with Gasteiger partial charge in [0.15, 0.2) is 5.82 Å². The number of aromatic nitrogens is 4. The van der Waals surface area contributed by atoms with Crippen molar-refractivity contribution in [1.82, 2.24) is 20.1 Å². The molecule has 0 aliphatic rings. The summed E-state index contributed by atoms with van der Waals surface area (Å²) in [6, 6.07) is 7.70. The SMILES string of the molecule is O=c1[nH]c(-c2ccnc(-c3ccccc3F)n2)no1. The zero-order chi connectivity index (χ0) is 13.2. The predicted octanol–water partition coefficient (Wildman–Crippen LogP) is 1.63. The minimum atomic E-state index is -0.680. The van der Waals surface area contributed by atoms with Gasteiger partial charge in [-0.1, -0.05) is 17.3 Å². The summed E-state index contributed by atoms with van der Waals surface area (Å²) in [4.78, 5) is 21.4. The summed E-state index contributed by atoms with van der Waals surface area (Å²) < 4.78 is 18.0. The fourth-order valence-corrected chi connectivity index (χ4v) is 1.60. The maximum Gasteiger partial charge on any atom is 0.439 e. The van der Waals surface area contributed by atoms with E-state index in [1.165, 1.54) is 18.3 Å². The zero-order valence-corrected chi connectivity index (χ0v) is 9.50. The van der Waals surface area contributed by atoms with Crippen LogP contribution in [0.15, 0.2) is 45.8 Å². The fraction of sp³-hybridized carbons (Fsp3) is 0. The van der Waals surface area contributed by atoms with Crippen molar-refractivity contribution in [3.8, 4) is 22.9 Å². The van der Waals surface area contributed by atoms with Crippen LogP contribution < -0.4 is 5.76 Å². The van der Waals surface area contributed by atoms with Crippen molar-refractivity contribution < 1.29 is 8.91 Å². The molecule has 7 heteroatoms. The molecule has 19 heavy (non-hydrogen) atoms. The van der Waals surface area contributed by atoms with Crippen molar-refractivity contribution in [1.29, 1.82) is 0 Å². The summed E-state index contributed by atoms with van der Waals surface area (Å²) in [5.74, 6) is -0.723. The molecule has 6 nitrogen and oxygen atoms in total. The van der Waals surface area contributed by atoms with Gasteiger partial charge in [0.1, 0.15) is 11.5 Å². The molecule has 0 aliphatic carbocycles. The van der Waals surface area contributed by atoms with E-state index in [2.05, 4.69) is 24.6 Å². The molecule has 3 rings (SSSR count). The van der Waals surface area contributed by atoms with E-state index in [0.717, 1.165) is 0 Å². The minimum absolute atomic E-state index is 0.171. The van der Waals surface area contributed by atoms with Gasteiger partial charge in [-0.3, -0.25) is 9.51 Å². The number of nitrogens with one attached hydrogen (secondary N) is 1. The molecule has 0 saturated carbocycles. The normalized spacial score (nSPS) is 10.6. The van der Waals surface area contributed by atoms with Gasteiger partial charge in [-0.2, -0.15) is 0 Å². The summed E-state index contributed by atoms with van der Waals surface area (Å²) in [5.41, 5.74) is 0.620. The quantitative estimate of drug-likeness (QED) is 0.755. The Hall–Kier alpha value is -2.83. The lowest BCUT2D eigenvalue weighted by Gasteiger charge is -2.02. The van der Waals surface area contributed by atoms with Crippen LogP contribution in [0.3, 0.4) is 0 Å². The number of hydrogen-bond donors (Lipinski definition) is 1. The predicted molar refractivity (Wildman–Crippen MR) is 63.5 cm³/mol. The van der Waals surface area contributed by atoms with E-state index in [4.69, 9.17) is 0 Å². The molecule has 1 N–H and O–H groups in total. The number of hydrogen-bond acceptors (Lipinski definition) is 5. The van der Waals surface area contributed by atoms with Crippen LogP contribution in [0.4, 0.5) is 4.39 Å². The Morgan fingerprint density at radius 1 is 1.21 bits per heavy atom. The first-order chi connectivity index (χ1) is 9.24. The molecule has 1 aromatic carbocycles. The second-order valence-electron chi connectivity index (χ2n) is 3.69. The topological polar surface area (TPSA) is 84.7 Å². The van der Waals surface area contributed by atoms with Gasteiger partial charge in [-0.25, -0.2) is 19.2 Å². The van der Waals surface area contributed by atoms with Crippen molar-refractivity contribution >= 4 is 0 Å². The van der Waals surface area contributed by atoms with Gasteiger partial charge >= 0.3 is 5.76 Å². The van der Waals surface area contributed by atoms with Crippen LogP contribution in [-0.2, 0) is 0 Å². The molecule has 0 atom stereocenters. The van der Waals surface area contributed by atoms with Crippen LogP contribution in [0.2, 0.25) is 0 Å². The molecular weight excluding hydrogens is 251 g/mol. The molecule has 0 fully saturated rings. The van der Waals surface area contributed by atoms with Crippen LogP contribution in [0.1, 0.15) is 0 Å². The lowest BCUT2D eigenvalue weighted by atomic mass is 10.2. The van der Waals surface area contributed by atoms with Gasteiger partial charge in [-0.05, 0) is 18.2 Å². The molecule has 2 heterocycles. The average Bonchev–Trinajstić information content (AvgIpc) is 2.86. The third-order valence-electron chi connectivity index (χ3n) is 2.45. The monoisotopic (exact) mass is 258 g/mol. The highest BCUT2D eigenvalue weighted by atomic mass is 19.1. The van der Waals surface area contributed by atoms with Crippen molar-refractivity contribution in [3.05, 3.63) is 52.9 Å². The number of nitrogens with zero attached hydrogens (tertiary/aromatic N) is 3. The van der Waals surface area contributed by atoms with E-state index in [9.17, 15) is 9.18 Å². The molecule has 0 spiro atoms. The average molecular weight is 258 g/mol. The second-order valence-corrected chi connectivity index (χ2v) is 3.69. The van der Waals surface area contributed by atoms with Crippen molar-refractivity contribution in [2.45, 2.75) is 0 Å². The first-order valence-electron chi connectivity index (χ1n) is 5.38. The van der Waals surface area contributed by atoms with E-state index in [1.807, 2.05) is 0 Å². The summed E-state index contributed by atoms with van der Waals surface area (Å²) in [6.07, 6.45) is 1.46. The Bertz CT molecular complexity index is 781. The standard InChI is InChI=1S/C12H7FN4O2/c13-8-4-2-1-3-7(8)10-14-6-5-9(15-10)11-16-12(18)19-17-11/h1-6H,(H,16,17,18). The van der Waals surface area contributed by atoms with Crippen molar-refractivity contribution in [2.75, 3.05) is 0 Å². The molecule has 94 valence electrons. The van der Waals surface area contributed by atoms with E-state index in [1.54, 1.807) is 18.2 Å². The molecule has 0 saturated heterocycles. The lowest BCUT2D eigenvalue weighted by molar-refractivity contribution is 0.387. The van der Waals surface area contributed by atoms with Gasteiger partial charge < -0.3 is 0 Å². The van der Waals surface area contributed by atoms with E-state index < -0.39 is 11.6 Å². The molecule has 0 bridgehead atoms. The van der Waals surface area contributed by atoms with Gasteiger partial charge in [0.2, 0.25) is 5.82 Å². The number of H-pyrrole nitrogens is 1.